The Balaban J connectivity index is 1.11. The maximum absolute atomic E-state index is 11.1. The van der Waals surface area contributed by atoms with Crippen LogP contribution in [0.5, 0.6) is 0 Å². The van der Waals surface area contributed by atoms with Crippen LogP contribution < -0.4 is 5.32 Å². The predicted molar refractivity (Wildman–Crippen MR) is 287 cm³/mol. The van der Waals surface area contributed by atoms with Crippen molar-refractivity contribution in [2.75, 3.05) is 161 Å². The SMILES string of the molecule is COCC1O[C@H](O[C@H]2C(COC)O[C@H](O[C@H]3C(COC)O[C@H](O[C@H]4C(COC)O[C@H]([C@@H]5OC(C)[C@H](N[C@H]6C(OC)[C@H](OC)[C@H](CO)C7(COC)OC67)[C@@H](OC)C5OC)C(OC)[C@@H]4OC)C(OC)[C@@H]3OC)C(OC)[C@@H]2OC)C(OC)[C@H](OC)[C@H]1O. The van der Waals surface area contributed by atoms with Gasteiger partial charge in [0.15, 0.2) is 18.9 Å². The second kappa shape index (κ2) is 32.7. The van der Waals surface area contributed by atoms with E-state index in [4.69, 9.17) is 123 Å². The lowest BCUT2D eigenvalue weighted by molar-refractivity contribution is -0.392. The van der Waals surface area contributed by atoms with Gasteiger partial charge in [-0.3, -0.25) is 0 Å². The third-order valence-electron chi connectivity index (χ3n) is 17.9. The second-order valence-corrected chi connectivity index (χ2v) is 22.0. The topological polar surface area (TPSA) is 296 Å². The molecule has 6 aliphatic heterocycles. The molecule has 0 aromatic rings. The van der Waals surface area contributed by atoms with Gasteiger partial charge in [0, 0.05) is 127 Å². The molecule has 7 aliphatic rings. The van der Waals surface area contributed by atoms with Crippen LogP contribution >= 0.6 is 0 Å². The number of rotatable bonds is 32. The number of fused-ring (bicyclic) bond motifs is 1. The second-order valence-electron chi connectivity index (χ2n) is 22.0. The van der Waals surface area contributed by atoms with Crippen molar-refractivity contribution in [3.63, 3.8) is 0 Å². The van der Waals surface area contributed by atoms with Gasteiger partial charge >= 0.3 is 0 Å². The number of methoxy groups -OCH3 is 17. The first-order valence-corrected chi connectivity index (χ1v) is 28.5. The first-order chi connectivity index (χ1) is 40.7. The highest BCUT2D eigenvalue weighted by atomic mass is 16.8. The third kappa shape index (κ3) is 14.0. The minimum Gasteiger partial charge on any atom is -0.396 e. The molecule has 29 nitrogen and oxygen atoms in total. The fourth-order valence-corrected chi connectivity index (χ4v) is 14.0. The maximum atomic E-state index is 11.1. The van der Waals surface area contributed by atoms with Gasteiger partial charge in [0.25, 0.3) is 0 Å². The number of hydrogen-bond donors (Lipinski definition) is 3. The fraction of sp³-hybridized carbons (Fsp3) is 1.00. The summed E-state index contributed by atoms with van der Waals surface area (Å²) in [5.74, 6) is -0.403. The van der Waals surface area contributed by atoms with Crippen molar-refractivity contribution in [2.45, 2.75) is 190 Å². The number of ether oxygens (including phenoxy) is 26. The molecule has 29 heteroatoms. The molecule has 0 bridgehead atoms. The number of aliphatic hydroxyl groups is 2. The van der Waals surface area contributed by atoms with Crippen LogP contribution in [0.4, 0.5) is 0 Å². The summed E-state index contributed by atoms with van der Waals surface area (Å²) < 4.78 is 163. The van der Waals surface area contributed by atoms with Crippen LogP contribution in [0, 0.1) is 5.92 Å². The monoisotopic (exact) mass is 1220 g/mol. The van der Waals surface area contributed by atoms with E-state index in [1.54, 1.807) is 56.9 Å². The lowest BCUT2D eigenvalue weighted by Gasteiger charge is -2.54. The van der Waals surface area contributed by atoms with Crippen molar-refractivity contribution in [1.82, 2.24) is 5.32 Å². The average Bonchev–Trinajstić information content (AvgIpc) is 1.61. The van der Waals surface area contributed by atoms with Crippen LogP contribution in [0.3, 0.4) is 0 Å². The number of aliphatic hydroxyl groups excluding tert-OH is 2. The van der Waals surface area contributed by atoms with Crippen molar-refractivity contribution in [3.8, 4) is 0 Å². The molecule has 6 saturated heterocycles. The van der Waals surface area contributed by atoms with Gasteiger partial charge in [-0.05, 0) is 6.92 Å². The zero-order valence-electron chi connectivity index (χ0n) is 52.1. The van der Waals surface area contributed by atoms with E-state index in [0.717, 1.165) is 0 Å². The molecule has 7 fully saturated rings. The zero-order chi connectivity index (χ0) is 61.2. The van der Waals surface area contributed by atoms with E-state index in [1.807, 2.05) is 6.92 Å². The Kier molecular flexibility index (Phi) is 27.4. The lowest BCUT2D eigenvalue weighted by atomic mass is 9.73. The molecule has 0 aromatic heterocycles. The van der Waals surface area contributed by atoms with Gasteiger partial charge in [0.2, 0.25) is 0 Å². The molecule has 84 heavy (non-hydrogen) atoms. The van der Waals surface area contributed by atoms with Gasteiger partial charge in [-0.15, -0.1) is 0 Å². The first-order valence-electron chi connectivity index (χ1n) is 28.5. The quantitative estimate of drug-likeness (QED) is 0.0599. The van der Waals surface area contributed by atoms with E-state index >= 15 is 0 Å². The van der Waals surface area contributed by atoms with Gasteiger partial charge in [-0.1, -0.05) is 0 Å². The molecule has 1 aliphatic carbocycles. The smallest absolute Gasteiger partial charge is 0.187 e. The highest BCUT2D eigenvalue weighted by Gasteiger charge is 2.73. The Morgan fingerprint density at radius 1 is 0.369 bits per heavy atom. The Morgan fingerprint density at radius 2 is 0.726 bits per heavy atom. The Hall–Kier alpha value is -1.16. The molecule has 7 rings (SSSR count). The zero-order valence-corrected chi connectivity index (χ0v) is 52.1. The standard InChI is InChI=1S/C55H99NO28/c1-25-31(56-32-39(66-9)34(64-7)26(19-57)55(24-63-6)51(32)84-55)38(65-8)44(71-14)46(76-25)47-45(72-15)41(68-11)35(28(77-47)21-60-3)81-53-49(74-17)43(70-13)37(30(79-53)23-62-5)83-54-50(75-18)42(69-12)36(29(80-54)22-61-4)82-52-48(73-16)40(67-10)33(58)27(78-52)20-59-2/h25-54,56-58H,19-24H2,1-18H3/t25?,26-,27?,28?,29?,30?,31-,32-,33-,34+,35-,36-,37-,38+,39?,40+,41+,42+,43+,44?,45?,46+,47-,48?,49?,50?,51?,52+,53+,54+,55?/m0/s1. The molecular formula is C55H99NO28. The molecule has 0 aromatic carbocycles. The summed E-state index contributed by atoms with van der Waals surface area (Å²) >= 11 is 0. The van der Waals surface area contributed by atoms with Crippen molar-refractivity contribution in [1.29, 1.82) is 0 Å². The molecule has 1 saturated carbocycles. The minimum atomic E-state index is -1.17. The molecular weight excluding hydrogens is 1120 g/mol. The largest absolute Gasteiger partial charge is 0.396 e. The number of nitrogens with one attached hydrogen (secondary N) is 1. The van der Waals surface area contributed by atoms with Crippen LogP contribution in [0.25, 0.3) is 0 Å². The summed E-state index contributed by atoms with van der Waals surface area (Å²) in [6, 6.07) is -0.916. The summed E-state index contributed by atoms with van der Waals surface area (Å²) in [7, 11) is 26.2. The minimum absolute atomic E-state index is 0.00525. The molecule has 0 spiro atoms. The molecule has 0 amide bonds. The Morgan fingerprint density at radius 3 is 1.13 bits per heavy atom. The van der Waals surface area contributed by atoms with E-state index in [2.05, 4.69) is 5.32 Å². The third-order valence-corrected chi connectivity index (χ3v) is 17.9. The normalized spacial score (nSPS) is 47.1. The summed E-state index contributed by atoms with van der Waals surface area (Å²) in [5.41, 5.74) is -0.801. The van der Waals surface area contributed by atoms with Crippen LogP contribution in [-0.4, -0.2) is 354 Å². The molecule has 492 valence electrons. The summed E-state index contributed by atoms with van der Waals surface area (Å²) in [6.07, 6.45) is -22.8. The Labute approximate surface area is 493 Å². The average molecular weight is 1220 g/mol. The summed E-state index contributed by atoms with van der Waals surface area (Å²) in [6.45, 7) is 2.09. The van der Waals surface area contributed by atoms with Gasteiger partial charge in [0.05, 0.1) is 63.9 Å². The molecule has 6 heterocycles. The highest BCUT2D eigenvalue weighted by molar-refractivity contribution is 5.22. The van der Waals surface area contributed by atoms with Gasteiger partial charge in [0.1, 0.15) is 140 Å². The first kappa shape index (κ1) is 70.3. The highest BCUT2D eigenvalue weighted by Crippen LogP contribution is 2.53. The van der Waals surface area contributed by atoms with Gasteiger partial charge in [-0.2, -0.15) is 0 Å². The summed E-state index contributed by atoms with van der Waals surface area (Å²) in [5, 5.41) is 25.5. The molecule has 0 radical (unpaired) electrons. The van der Waals surface area contributed by atoms with Crippen LogP contribution in [0.15, 0.2) is 0 Å². The van der Waals surface area contributed by atoms with Crippen LogP contribution in [0.2, 0.25) is 0 Å². The van der Waals surface area contributed by atoms with Crippen molar-refractivity contribution >= 4 is 0 Å². The maximum Gasteiger partial charge on any atom is 0.187 e. The van der Waals surface area contributed by atoms with E-state index in [1.165, 1.54) is 64.0 Å². The predicted octanol–water partition coefficient (Wildman–Crippen LogP) is -2.27. The summed E-state index contributed by atoms with van der Waals surface area (Å²) in [4.78, 5) is 0. The van der Waals surface area contributed by atoms with Crippen molar-refractivity contribution < 1.29 is 133 Å². The van der Waals surface area contributed by atoms with E-state index < -0.39 is 183 Å². The lowest BCUT2D eigenvalue weighted by Crippen LogP contribution is -2.73. The van der Waals surface area contributed by atoms with E-state index in [-0.39, 0.29) is 45.7 Å². The fourth-order valence-electron chi connectivity index (χ4n) is 14.0. The van der Waals surface area contributed by atoms with Crippen LogP contribution in [0.1, 0.15) is 6.92 Å². The molecule has 31 atom stereocenters. The van der Waals surface area contributed by atoms with E-state index in [9.17, 15) is 10.2 Å². The van der Waals surface area contributed by atoms with Gasteiger partial charge < -0.3 is 139 Å². The Bertz CT molecular complexity index is 1890. The number of epoxide rings is 1. The number of hydrogen-bond acceptors (Lipinski definition) is 29. The molecule has 13 unspecified atom stereocenters. The van der Waals surface area contributed by atoms with E-state index in [0.29, 0.717) is 0 Å². The van der Waals surface area contributed by atoms with Crippen molar-refractivity contribution in [2.24, 2.45) is 5.92 Å². The molecule has 3 N–H and O–H groups in total. The van der Waals surface area contributed by atoms with Crippen molar-refractivity contribution in [3.05, 3.63) is 0 Å². The van der Waals surface area contributed by atoms with Gasteiger partial charge in [-0.25, -0.2) is 0 Å². The van der Waals surface area contributed by atoms with Crippen LogP contribution in [-0.2, 0) is 123 Å².